The molecule has 0 aromatic carbocycles. The van der Waals surface area contributed by atoms with Gasteiger partial charge in [-0.25, -0.2) is 13.1 Å². The van der Waals surface area contributed by atoms with Crippen LogP contribution in [0.15, 0.2) is 63.0 Å². The Morgan fingerprint density at radius 3 is 2.59 bits per heavy atom. The van der Waals surface area contributed by atoms with Crippen molar-refractivity contribution in [3.05, 3.63) is 72.7 Å². The zero-order valence-corrected chi connectivity index (χ0v) is 19.3. The van der Waals surface area contributed by atoms with Gasteiger partial charge in [0.05, 0.1) is 4.91 Å². The number of rotatable bonds is 7. The molecule has 2 rings (SSSR count). The van der Waals surface area contributed by atoms with Crippen molar-refractivity contribution in [3.63, 3.8) is 0 Å². The lowest BCUT2D eigenvalue weighted by Gasteiger charge is -2.33. The van der Waals surface area contributed by atoms with Crippen LogP contribution in [0.3, 0.4) is 0 Å². The first-order chi connectivity index (χ1) is 13.5. The Morgan fingerprint density at radius 2 is 1.97 bits per heavy atom. The number of sulfonamides is 1. The molecule has 7 heteroatoms. The van der Waals surface area contributed by atoms with E-state index in [2.05, 4.69) is 23.6 Å². The lowest BCUT2D eigenvalue weighted by molar-refractivity contribution is 0.381. The molecule has 0 fully saturated rings. The van der Waals surface area contributed by atoms with Crippen molar-refractivity contribution in [1.29, 1.82) is 0 Å². The minimum Gasteiger partial charge on any atom is -0.319 e. The summed E-state index contributed by atoms with van der Waals surface area (Å²) in [6.07, 6.45) is 15.9. The molecule has 0 saturated heterocycles. The van der Waals surface area contributed by atoms with Crippen LogP contribution in [0.25, 0.3) is 6.08 Å². The highest BCUT2D eigenvalue weighted by Gasteiger charge is 2.33. The summed E-state index contributed by atoms with van der Waals surface area (Å²) in [5, 5.41) is 0. The number of H-pyrrole nitrogens is 1. The Balaban J connectivity index is 2.21. The smallest absolute Gasteiger partial charge is 0.305 e. The van der Waals surface area contributed by atoms with Crippen molar-refractivity contribution in [3.8, 4) is 0 Å². The third-order valence-corrected chi connectivity index (χ3v) is 7.36. The number of hydrogen-bond acceptors (Lipinski definition) is 4. The van der Waals surface area contributed by atoms with Crippen LogP contribution in [0.4, 0.5) is 0 Å². The molecular formula is C22H30N2O3S2. The molecule has 0 amide bonds. The predicted octanol–water partition coefficient (Wildman–Crippen LogP) is 4.91. The number of nitrogens with one attached hydrogen (secondary N) is 2. The van der Waals surface area contributed by atoms with Crippen molar-refractivity contribution >= 4 is 27.4 Å². The molecule has 0 unspecified atom stereocenters. The maximum Gasteiger partial charge on any atom is 0.305 e. The minimum absolute atomic E-state index is 0.0616. The van der Waals surface area contributed by atoms with Crippen LogP contribution < -0.4 is 9.60 Å². The maximum atomic E-state index is 12.4. The van der Waals surface area contributed by atoms with Crippen LogP contribution in [0, 0.1) is 5.41 Å². The lowest BCUT2D eigenvalue weighted by Crippen LogP contribution is -2.28. The van der Waals surface area contributed by atoms with Gasteiger partial charge in [0.25, 0.3) is 0 Å². The van der Waals surface area contributed by atoms with Gasteiger partial charge in [0, 0.05) is 11.1 Å². The Hall–Kier alpha value is -1.96. The van der Waals surface area contributed by atoms with Gasteiger partial charge >= 0.3 is 4.87 Å². The highest BCUT2D eigenvalue weighted by atomic mass is 32.2. The second-order valence-corrected chi connectivity index (χ2v) is 10.8. The van der Waals surface area contributed by atoms with Gasteiger partial charge in [-0.2, -0.15) is 0 Å². The summed E-state index contributed by atoms with van der Waals surface area (Å²) in [7, 11) is -1.97. The van der Waals surface area contributed by atoms with Crippen LogP contribution in [0.1, 0.15) is 51.8 Å². The van der Waals surface area contributed by atoms with Gasteiger partial charge < -0.3 is 4.98 Å². The molecular weight excluding hydrogens is 404 g/mol. The van der Waals surface area contributed by atoms with E-state index in [1.165, 1.54) is 18.4 Å². The predicted molar refractivity (Wildman–Crippen MR) is 123 cm³/mol. The molecule has 0 bridgehead atoms. The van der Waals surface area contributed by atoms with E-state index < -0.39 is 10.0 Å². The van der Waals surface area contributed by atoms with Crippen LogP contribution >= 0.6 is 11.3 Å². The van der Waals surface area contributed by atoms with E-state index in [0.29, 0.717) is 11.3 Å². The third-order valence-electron chi connectivity index (χ3n) is 4.97. The molecule has 2 N–H and O–H groups in total. The number of thiazole rings is 1. The summed E-state index contributed by atoms with van der Waals surface area (Å²) in [6, 6.07) is 0. The van der Waals surface area contributed by atoms with Crippen molar-refractivity contribution in [1.82, 2.24) is 9.71 Å². The first-order valence-corrected chi connectivity index (χ1v) is 11.9. The van der Waals surface area contributed by atoms with Crippen molar-refractivity contribution < 1.29 is 8.42 Å². The van der Waals surface area contributed by atoms with Crippen molar-refractivity contribution in [2.45, 2.75) is 47.0 Å². The summed E-state index contributed by atoms with van der Waals surface area (Å²) < 4.78 is 27.3. The SMILES string of the molecule is CNS(=O)(=O)C1=C(/C=C/C(C)=C/C=C/C(C)=C/c2c[nH]c(=O)s2)C(C)(C)CCC1. The van der Waals surface area contributed by atoms with Crippen molar-refractivity contribution in [2.24, 2.45) is 5.41 Å². The van der Waals surface area contributed by atoms with Crippen molar-refractivity contribution in [2.75, 3.05) is 7.05 Å². The Bertz CT molecular complexity index is 1050. The zero-order valence-electron chi connectivity index (χ0n) is 17.7. The van der Waals surface area contributed by atoms with Crippen LogP contribution in [-0.2, 0) is 10.0 Å². The molecule has 0 radical (unpaired) electrons. The molecule has 0 atom stereocenters. The van der Waals surface area contributed by atoms with E-state index in [9.17, 15) is 13.2 Å². The first-order valence-electron chi connectivity index (χ1n) is 9.62. The number of allylic oxidation sites excluding steroid dienone is 9. The van der Waals surface area contributed by atoms with Gasteiger partial charge in [0.2, 0.25) is 10.0 Å². The molecule has 5 nitrogen and oxygen atoms in total. The molecule has 158 valence electrons. The average Bonchev–Trinajstić information content (AvgIpc) is 3.04. The van der Waals surface area contributed by atoms with Gasteiger partial charge in [0.15, 0.2) is 0 Å². The minimum atomic E-state index is -3.43. The fourth-order valence-electron chi connectivity index (χ4n) is 3.32. The summed E-state index contributed by atoms with van der Waals surface area (Å²) in [5.74, 6) is 0. The highest BCUT2D eigenvalue weighted by Crippen LogP contribution is 2.42. The van der Waals surface area contributed by atoms with Gasteiger partial charge in [-0.05, 0) is 62.8 Å². The van der Waals surface area contributed by atoms with E-state index >= 15 is 0 Å². The zero-order chi connectivity index (χ0) is 21.7. The lowest BCUT2D eigenvalue weighted by atomic mass is 9.75. The van der Waals surface area contributed by atoms with Crippen LogP contribution in [-0.4, -0.2) is 20.4 Å². The molecule has 1 aromatic rings. The Labute approximate surface area is 177 Å². The van der Waals surface area contributed by atoms with Gasteiger partial charge in [-0.1, -0.05) is 61.1 Å². The van der Waals surface area contributed by atoms with E-state index in [4.69, 9.17) is 0 Å². The fraction of sp³-hybridized carbons (Fsp3) is 0.409. The topological polar surface area (TPSA) is 79.0 Å². The average molecular weight is 435 g/mol. The first kappa shape index (κ1) is 23.3. The summed E-state index contributed by atoms with van der Waals surface area (Å²) in [4.78, 5) is 15.2. The monoisotopic (exact) mass is 434 g/mol. The molecule has 0 aliphatic heterocycles. The molecule has 0 spiro atoms. The quantitative estimate of drug-likeness (QED) is 0.598. The molecule has 1 heterocycles. The van der Waals surface area contributed by atoms with E-state index in [0.717, 1.165) is 34.4 Å². The Morgan fingerprint density at radius 1 is 1.24 bits per heavy atom. The van der Waals surface area contributed by atoms with Gasteiger partial charge in [-0.15, -0.1) is 0 Å². The summed E-state index contributed by atoms with van der Waals surface area (Å²) >= 11 is 1.18. The molecule has 29 heavy (non-hydrogen) atoms. The maximum absolute atomic E-state index is 12.4. The standard InChI is InChI=1S/C22H30N2O3S2/c1-16(8-6-9-17(2)14-18-15-24-21(25)28-18)11-12-19-20(29(26,27)23-5)10-7-13-22(19,3)4/h6,8-9,11-12,14-15,23H,7,10,13H2,1-5H3,(H,24,25)/b9-6+,12-11+,16-8+,17-14+. The summed E-state index contributed by atoms with van der Waals surface area (Å²) in [5.41, 5.74) is 2.76. The largest absolute Gasteiger partial charge is 0.319 e. The van der Waals surface area contributed by atoms with Gasteiger partial charge in [0.1, 0.15) is 0 Å². The summed E-state index contributed by atoms with van der Waals surface area (Å²) in [6.45, 7) is 8.16. The van der Waals surface area contributed by atoms with E-state index in [-0.39, 0.29) is 10.3 Å². The van der Waals surface area contributed by atoms with E-state index in [1.807, 2.05) is 50.3 Å². The third kappa shape index (κ3) is 6.52. The molecule has 1 aliphatic carbocycles. The Kier molecular flexibility index (Phi) is 7.80. The second kappa shape index (κ2) is 9.69. The van der Waals surface area contributed by atoms with Crippen LogP contribution in [0.2, 0.25) is 0 Å². The molecule has 1 aromatic heterocycles. The number of aromatic amines is 1. The fourth-order valence-corrected chi connectivity index (χ4v) is 5.31. The second-order valence-electron chi connectivity index (χ2n) is 7.85. The highest BCUT2D eigenvalue weighted by molar-refractivity contribution is 7.93. The van der Waals surface area contributed by atoms with Crippen LogP contribution in [0.5, 0.6) is 0 Å². The molecule has 1 aliphatic rings. The number of aromatic nitrogens is 1. The van der Waals surface area contributed by atoms with E-state index in [1.54, 1.807) is 6.20 Å². The number of hydrogen-bond donors (Lipinski definition) is 2. The van der Waals surface area contributed by atoms with Gasteiger partial charge in [-0.3, -0.25) is 4.79 Å². The normalized spacial score (nSPS) is 18.9. The molecule has 0 saturated carbocycles.